The average molecular weight is 418 g/mol. The first-order valence-corrected chi connectivity index (χ1v) is 8.71. The lowest BCUT2D eigenvalue weighted by atomic mass is 10.2. The van der Waals surface area contributed by atoms with Crippen molar-refractivity contribution < 1.29 is 14.3 Å². The molecular formula is C15H18BrClN4O3. The lowest BCUT2D eigenvalue weighted by Gasteiger charge is -2.33. The van der Waals surface area contributed by atoms with Crippen molar-refractivity contribution in [3.8, 4) is 0 Å². The van der Waals surface area contributed by atoms with Crippen LogP contribution >= 0.6 is 27.5 Å². The molecule has 2 aromatic rings. The summed E-state index contributed by atoms with van der Waals surface area (Å²) in [6, 6.07) is 0. The standard InChI is InChI=1S/C15H18BrClN4O3/c1-15(2,3)24-14(22)20-6-7-23-9(8-20)13-19-11(16)10-12(17)18-4-5-21(10)13/h4-5,9H,6-8H2,1-3H3/t9-/m1/s1. The summed E-state index contributed by atoms with van der Waals surface area (Å²) in [4.78, 5) is 22.5. The maximum absolute atomic E-state index is 12.3. The molecule has 0 N–H and O–H groups in total. The molecule has 3 heterocycles. The van der Waals surface area contributed by atoms with E-state index >= 15 is 0 Å². The first kappa shape index (κ1) is 17.4. The van der Waals surface area contributed by atoms with Crippen LogP contribution in [0.4, 0.5) is 4.79 Å². The van der Waals surface area contributed by atoms with Crippen LogP contribution in [-0.4, -0.2) is 50.7 Å². The molecule has 1 aliphatic heterocycles. The highest BCUT2D eigenvalue weighted by Crippen LogP contribution is 2.30. The minimum atomic E-state index is -0.535. The van der Waals surface area contributed by atoms with Crippen molar-refractivity contribution in [3.05, 3.63) is 28.0 Å². The topological polar surface area (TPSA) is 69.0 Å². The molecule has 0 unspecified atom stereocenters. The summed E-state index contributed by atoms with van der Waals surface area (Å²) in [5.41, 5.74) is 0.139. The van der Waals surface area contributed by atoms with E-state index in [1.54, 1.807) is 17.3 Å². The maximum atomic E-state index is 12.3. The highest BCUT2D eigenvalue weighted by molar-refractivity contribution is 9.10. The van der Waals surface area contributed by atoms with Crippen LogP contribution in [0.2, 0.25) is 5.15 Å². The SMILES string of the molecule is CC(C)(C)OC(=O)N1CCO[C@@H](c2nc(Br)c3c(Cl)nccn23)C1. The molecule has 3 rings (SSSR count). The zero-order valence-electron chi connectivity index (χ0n) is 13.6. The number of amides is 1. The van der Waals surface area contributed by atoms with E-state index < -0.39 is 5.60 Å². The Morgan fingerprint density at radius 3 is 2.96 bits per heavy atom. The van der Waals surface area contributed by atoms with Crippen LogP contribution in [0.3, 0.4) is 0 Å². The zero-order chi connectivity index (χ0) is 17.5. The van der Waals surface area contributed by atoms with Gasteiger partial charge in [0.25, 0.3) is 0 Å². The van der Waals surface area contributed by atoms with E-state index in [1.807, 2.05) is 25.2 Å². The van der Waals surface area contributed by atoms with Gasteiger partial charge in [-0.2, -0.15) is 0 Å². The fourth-order valence-electron chi connectivity index (χ4n) is 2.51. The van der Waals surface area contributed by atoms with Crippen molar-refractivity contribution in [3.63, 3.8) is 0 Å². The molecule has 0 saturated carbocycles. The molecule has 0 radical (unpaired) electrons. The van der Waals surface area contributed by atoms with Crippen LogP contribution in [0.15, 0.2) is 17.0 Å². The molecule has 2 aromatic heterocycles. The molecular weight excluding hydrogens is 400 g/mol. The minimum Gasteiger partial charge on any atom is -0.444 e. The van der Waals surface area contributed by atoms with Crippen molar-refractivity contribution in [2.75, 3.05) is 19.7 Å². The van der Waals surface area contributed by atoms with Gasteiger partial charge in [0.1, 0.15) is 27.6 Å². The number of hydrogen-bond acceptors (Lipinski definition) is 5. The smallest absolute Gasteiger partial charge is 0.410 e. The van der Waals surface area contributed by atoms with Crippen molar-refractivity contribution in [2.45, 2.75) is 32.5 Å². The van der Waals surface area contributed by atoms with Gasteiger partial charge in [-0.3, -0.25) is 4.40 Å². The van der Waals surface area contributed by atoms with Crippen LogP contribution in [0.5, 0.6) is 0 Å². The number of carbonyl (C=O) groups is 1. The first-order chi connectivity index (χ1) is 11.3. The van der Waals surface area contributed by atoms with E-state index in [9.17, 15) is 4.79 Å². The Bertz CT molecular complexity index is 774. The lowest BCUT2D eigenvalue weighted by Crippen LogP contribution is -2.45. The average Bonchev–Trinajstić information content (AvgIpc) is 2.84. The van der Waals surface area contributed by atoms with Gasteiger partial charge in [-0.15, -0.1) is 0 Å². The molecule has 0 aliphatic carbocycles. The van der Waals surface area contributed by atoms with Gasteiger partial charge in [-0.05, 0) is 36.7 Å². The van der Waals surface area contributed by atoms with Gasteiger partial charge in [0.05, 0.1) is 13.2 Å². The van der Waals surface area contributed by atoms with Crippen LogP contribution in [-0.2, 0) is 9.47 Å². The van der Waals surface area contributed by atoms with Crippen LogP contribution in [0.25, 0.3) is 5.52 Å². The second kappa shape index (κ2) is 6.50. The Hall–Kier alpha value is -1.38. The van der Waals surface area contributed by atoms with Crippen molar-refractivity contribution >= 4 is 39.1 Å². The zero-order valence-corrected chi connectivity index (χ0v) is 16.0. The molecule has 24 heavy (non-hydrogen) atoms. The third-order valence-corrected chi connectivity index (χ3v) is 4.33. The quantitative estimate of drug-likeness (QED) is 0.711. The molecule has 0 bridgehead atoms. The molecule has 0 aromatic carbocycles. The van der Waals surface area contributed by atoms with Gasteiger partial charge >= 0.3 is 6.09 Å². The lowest BCUT2D eigenvalue weighted by molar-refractivity contribution is -0.0464. The van der Waals surface area contributed by atoms with E-state index in [0.29, 0.717) is 40.8 Å². The number of imidazole rings is 1. The number of hydrogen-bond donors (Lipinski definition) is 0. The maximum Gasteiger partial charge on any atom is 0.410 e. The largest absolute Gasteiger partial charge is 0.444 e. The van der Waals surface area contributed by atoms with Gasteiger partial charge in [-0.1, -0.05) is 11.6 Å². The number of rotatable bonds is 1. The number of carbonyl (C=O) groups excluding carboxylic acids is 1. The monoisotopic (exact) mass is 416 g/mol. The molecule has 1 aliphatic rings. The Morgan fingerprint density at radius 2 is 2.25 bits per heavy atom. The Labute approximate surface area is 153 Å². The minimum absolute atomic E-state index is 0.350. The van der Waals surface area contributed by atoms with E-state index in [4.69, 9.17) is 21.1 Å². The van der Waals surface area contributed by atoms with Gasteiger partial charge in [0.2, 0.25) is 0 Å². The Morgan fingerprint density at radius 1 is 1.50 bits per heavy atom. The Balaban J connectivity index is 1.86. The fourth-order valence-corrected chi connectivity index (χ4v) is 3.42. The van der Waals surface area contributed by atoms with E-state index in [-0.39, 0.29) is 12.2 Å². The summed E-state index contributed by atoms with van der Waals surface area (Å²) in [6.45, 7) is 6.79. The number of morpholine rings is 1. The Kier molecular flexibility index (Phi) is 4.72. The number of nitrogens with zero attached hydrogens (tertiary/aromatic N) is 4. The number of ether oxygens (including phenoxy) is 2. The summed E-state index contributed by atoms with van der Waals surface area (Å²) >= 11 is 9.54. The highest BCUT2D eigenvalue weighted by atomic mass is 79.9. The number of aromatic nitrogens is 3. The summed E-state index contributed by atoms with van der Waals surface area (Å²) in [6.07, 6.45) is 2.64. The van der Waals surface area contributed by atoms with Crippen LogP contribution < -0.4 is 0 Å². The fraction of sp³-hybridized carbons (Fsp3) is 0.533. The highest BCUT2D eigenvalue weighted by Gasteiger charge is 2.31. The van der Waals surface area contributed by atoms with Gasteiger partial charge < -0.3 is 14.4 Å². The van der Waals surface area contributed by atoms with Gasteiger partial charge in [0, 0.05) is 18.9 Å². The van der Waals surface area contributed by atoms with Gasteiger partial charge in [-0.25, -0.2) is 14.8 Å². The molecule has 1 amide bonds. The van der Waals surface area contributed by atoms with E-state index in [2.05, 4.69) is 25.9 Å². The number of halogens is 2. The van der Waals surface area contributed by atoms with Crippen molar-refractivity contribution in [1.82, 2.24) is 19.3 Å². The molecule has 0 spiro atoms. The summed E-state index contributed by atoms with van der Waals surface area (Å²) in [5.74, 6) is 0.662. The molecule has 130 valence electrons. The molecule has 1 fully saturated rings. The van der Waals surface area contributed by atoms with Crippen molar-refractivity contribution in [2.24, 2.45) is 0 Å². The van der Waals surface area contributed by atoms with E-state index in [1.165, 1.54) is 0 Å². The number of fused-ring (bicyclic) bond motifs is 1. The summed E-state index contributed by atoms with van der Waals surface area (Å²) < 4.78 is 13.7. The molecule has 1 atom stereocenters. The molecule has 7 nitrogen and oxygen atoms in total. The van der Waals surface area contributed by atoms with Crippen LogP contribution in [0.1, 0.15) is 32.7 Å². The second-order valence-electron chi connectivity index (χ2n) is 6.48. The third kappa shape index (κ3) is 3.50. The normalized spacial score (nSPS) is 18.9. The first-order valence-electron chi connectivity index (χ1n) is 7.54. The third-order valence-electron chi connectivity index (χ3n) is 3.50. The summed E-state index contributed by atoms with van der Waals surface area (Å²) in [5, 5.41) is 0.350. The summed E-state index contributed by atoms with van der Waals surface area (Å²) in [7, 11) is 0. The van der Waals surface area contributed by atoms with E-state index in [0.717, 1.165) is 0 Å². The van der Waals surface area contributed by atoms with Crippen LogP contribution in [0, 0.1) is 0 Å². The van der Waals surface area contributed by atoms with Gasteiger partial charge in [0.15, 0.2) is 5.15 Å². The molecule has 1 saturated heterocycles. The molecule has 9 heteroatoms. The second-order valence-corrected chi connectivity index (χ2v) is 7.59. The predicted octanol–water partition coefficient (Wildman–Crippen LogP) is 3.45. The predicted molar refractivity (Wildman–Crippen MR) is 92.2 cm³/mol. The van der Waals surface area contributed by atoms with Crippen molar-refractivity contribution in [1.29, 1.82) is 0 Å².